The molecular formula is C18H17N7S2. The van der Waals surface area contributed by atoms with Crippen molar-refractivity contribution in [1.29, 1.82) is 5.41 Å². The van der Waals surface area contributed by atoms with E-state index in [9.17, 15) is 0 Å². The highest BCUT2D eigenvalue weighted by Crippen LogP contribution is 2.30. The molecule has 0 amide bonds. The van der Waals surface area contributed by atoms with Crippen molar-refractivity contribution in [1.82, 2.24) is 30.1 Å². The van der Waals surface area contributed by atoms with Crippen LogP contribution in [0.5, 0.6) is 0 Å². The van der Waals surface area contributed by atoms with Crippen molar-refractivity contribution in [2.24, 2.45) is 0 Å². The summed E-state index contributed by atoms with van der Waals surface area (Å²) >= 11 is 3.09. The van der Waals surface area contributed by atoms with E-state index in [1.807, 2.05) is 25.2 Å². The Morgan fingerprint density at radius 1 is 1.33 bits per heavy atom. The van der Waals surface area contributed by atoms with Gasteiger partial charge in [-0.2, -0.15) is 9.61 Å². The van der Waals surface area contributed by atoms with Gasteiger partial charge in [0.05, 0.1) is 5.52 Å². The average molecular weight is 396 g/mol. The first-order valence-corrected chi connectivity index (χ1v) is 10.0. The van der Waals surface area contributed by atoms with Gasteiger partial charge in [-0.3, -0.25) is 4.98 Å². The topological polar surface area (TPSA) is 91.9 Å². The number of fused-ring (bicyclic) bond motifs is 2. The van der Waals surface area contributed by atoms with Crippen LogP contribution in [0.15, 0.2) is 46.7 Å². The van der Waals surface area contributed by atoms with E-state index < -0.39 is 0 Å². The Morgan fingerprint density at radius 2 is 2.22 bits per heavy atom. The third kappa shape index (κ3) is 3.43. The van der Waals surface area contributed by atoms with Gasteiger partial charge < -0.3 is 10.7 Å². The maximum Gasteiger partial charge on any atom is 0.235 e. The van der Waals surface area contributed by atoms with Crippen molar-refractivity contribution in [3.8, 4) is 0 Å². The molecule has 0 aliphatic rings. The maximum atomic E-state index is 7.59. The number of pyridine rings is 1. The summed E-state index contributed by atoms with van der Waals surface area (Å²) in [7, 11) is 1.81. The molecule has 0 aliphatic carbocycles. The van der Waals surface area contributed by atoms with Gasteiger partial charge in [0.2, 0.25) is 10.1 Å². The first kappa shape index (κ1) is 17.6. The van der Waals surface area contributed by atoms with Crippen LogP contribution in [0.1, 0.15) is 17.5 Å². The summed E-state index contributed by atoms with van der Waals surface area (Å²) in [6.07, 6.45) is 5.78. The fourth-order valence-corrected chi connectivity index (χ4v) is 4.30. The Hall–Kier alpha value is -2.78. The molecule has 27 heavy (non-hydrogen) atoms. The largest absolute Gasteiger partial charge is 0.393 e. The van der Waals surface area contributed by atoms with Crippen molar-refractivity contribution in [2.45, 2.75) is 23.4 Å². The minimum Gasteiger partial charge on any atom is -0.393 e. The van der Waals surface area contributed by atoms with E-state index in [1.54, 1.807) is 28.2 Å². The van der Waals surface area contributed by atoms with E-state index in [0.717, 1.165) is 48.5 Å². The van der Waals surface area contributed by atoms with Crippen molar-refractivity contribution in [2.75, 3.05) is 7.05 Å². The summed E-state index contributed by atoms with van der Waals surface area (Å²) in [5, 5.41) is 26.4. The van der Waals surface area contributed by atoms with Crippen molar-refractivity contribution < 1.29 is 0 Å². The Labute approximate surface area is 164 Å². The lowest BCUT2D eigenvalue weighted by Gasteiger charge is -2.05. The molecule has 0 radical (unpaired) electrons. The number of hydrogen-bond acceptors (Lipinski definition) is 8. The second-order valence-corrected chi connectivity index (χ2v) is 7.82. The number of allylic oxidation sites excluding steroid dienone is 1. The highest BCUT2D eigenvalue weighted by atomic mass is 32.2. The molecule has 9 heteroatoms. The van der Waals surface area contributed by atoms with Crippen LogP contribution in [0.3, 0.4) is 0 Å². The molecular weight excluding hydrogens is 378 g/mol. The zero-order valence-electron chi connectivity index (χ0n) is 14.8. The van der Waals surface area contributed by atoms with Crippen molar-refractivity contribution >= 4 is 50.8 Å². The summed E-state index contributed by atoms with van der Waals surface area (Å²) in [4.78, 5) is 6.36. The number of nitrogens with zero attached hydrogens (tertiary/aromatic N) is 5. The minimum absolute atomic E-state index is 0.750. The highest BCUT2D eigenvalue weighted by molar-refractivity contribution is 7.99. The fourth-order valence-electron chi connectivity index (χ4n) is 2.65. The molecule has 0 bridgehead atoms. The lowest BCUT2D eigenvalue weighted by atomic mass is 10.1. The molecule has 0 spiro atoms. The molecule has 2 N–H and O–H groups in total. The summed E-state index contributed by atoms with van der Waals surface area (Å²) in [5.74, 6) is 0. The monoisotopic (exact) mass is 395 g/mol. The summed E-state index contributed by atoms with van der Waals surface area (Å²) < 4.78 is 1.80. The predicted molar refractivity (Wildman–Crippen MR) is 110 cm³/mol. The number of aryl methyl sites for hydroxylation is 1. The van der Waals surface area contributed by atoms with Gasteiger partial charge in [-0.25, -0.2) is 0 Å². The first-order valence-electron chi connectivity index (χ1n) is 8.39. The molecule has 0 saturated carbocycles. The van der Waals surface area contributed by atoms with Gasteiger partial charge in [0.15, 0.2) is 0 Å². The Kier molecular flexibility index (Phi) is 4.87. The normalized spacial score (nSPS) is 12.0. The lowest BCUT2D eigenvalue weighted by molar-refractivity contribution is 0.799. The van der Waals surface area contributed by atoms with E-state index in [4.69, 9.17) is 5.41 Å². The average Bonchev–Trinajstić information content (AvgIpc) is 3.27. The van der Waals surface area contributed by atoms with E-state index in [1.165, 1.54) is 18.0 Å². The third-order valence-corrected chi connectivity index (χ3v) is 5.93. The van der Waals surface area contributed by atoms with Gasteiger partial charge in [0.25, 0.3) is 0 Å². The van der Waals surface area contributed by atoms with E-state index in [2.05, 4.69) is 38.6 Å². The standard InChI is InChI=1S/C18H17N7S2/c1-3-16-24-25-17(22-23-18(25)27-16)26-14-4-5-15-11(7-14)6-12(10-21-15)13(8-19)9-20-2/h4-10,19-20H,3H2,1-2H3/b13-9+,19-8?. The van der Waals surface area contributed by atoms with Gasteiger partial charge in [0, 0.05) is 47.1 Å². The fraction of sp³-hybridized carbons (Fsp3) is 0.167. The molecule has 0 saturated heterocycles. The number of rotatable bonds is 6. The molecule has 4 rings (SSSR count). The Bertz CT molecular complexity index is 1160. The number of nitrogens with one attached hydrogen (secondary N) is 2. The minimum atomic E-state index is 0.750. The molecule has 7 nitrogen and oxygen atoms in total. The summed E-state index contributed by atoms with van der Waals surface area (Å²) in [5.41, 5.74) is 2.58. The highest BCUT2D eigenvalue weighted by Gasteiger charge is 2.12. The SMILES string of the molecule is CCc1nn2c(Sc3ccc4ncc(/C(C=N)=C/NC)cc4c3)nnc2s1. The molecule has 0 unspecified atom stereocenters. The molecule has 0 atom stereocenters. The number of benzene rings is 1. The van der Waals surface area contributed by atoms with Gasteiger partial charge in [-0.1, -0.05) is 18.3 Å². The van der Waals surface area contributed by atoms with Crippen LogP contribution < -0.4 is 5.32 Å². The van der Waals surface area contributed by atoms with Gasteiger partial charge in [-0.05, 0) is 42.4 Å². The van der Waals surface area contributed by atoms with Crippen LogP contribution in [0.4, 0.5) is 0 Å². The molecule has 136 valence electrons. The van der Waals surface area contributed by atoms with Crippen molar-refractivity contribution in [3.63, 3.8) is 0 Å². The molecule has 3 heterocycles. The zero-order valence-corrected chi connectivity index (χ0v) is 16.4. The van der Waals surface area contributed by atoms with Crippen molar-refractivity contribution in [3.05, 3.63) is 47.2 Å². The molecule has 1 aromatic carbocycles. The van der Waals surface area contributed by atoms with Crippen LogP contribution in [-0.4, -0.2) is 38.1 Å². The van der Waals surface area contributed by atoms with Gasteiger partial charge >= 0.3 is 0 Å². The van der Waals surface area contributed by atoms with Crippen LogP contribution in [-0.2, 0) is 6.42 Å². The van der Waals surface area contributed by atoms with Crippen LogP contribution in [0.2, 0.25) is 0 Å². The maximum absolute atomic E-state index is 7.59. The first-order chi connectivity index (χ1) is 13.2. The second-order valence-electron chi connectivity index (χ2n) is 5.74. The predicted octanol–water partition coefficient (Wildman–Crippen LogP) is 3.66. The molecule has 0 fully saturated rings. The zero-order chi connectivity index (χ0) is 18.8. The summed E-state index contributed by atoms with van der Waals surface area (Å²) in [6.45, 7) is 2.08. The van der Waals surface area contributed by atoms with Gasteiger partial charge in [-0.15, -0.1) is 10.2 Å². The molecule has 4 aromatic rings. The Morgan fingerprint density at radius 3 is 3.00 bits per heavy atom. The van der Waals surface area contributed by atoms with Crippen LogP contribution >= 0.6 is 23.1 Å². The van der Waals surface area contributed by atoms with Gasteiger partial charge in [0.1, 0.15) is 5.01 Å². The quantitative estimate of drug-likeness (QED) is 0.484. The van der Waals surface area contributed by atoms with E-state index in [-0.39, 0.29) is 0 Å². The second kappa shape index (κ2) is 7.45. The van der Waals surface area contributed by atoms with E-state index in [0.29, 0.717) is 0 Å². The van der Waals surface area contributed by atoms with Crippen LogP contribution in [0.25, 0.3) is 21.4 Å². The smallest absolute Gasteiger partial charge is 0.235 e. The molecule has 3 aromatic heterocycles. The number of hydrogen-bond donors (Lipinski definition) is 2. The third-order valence-electron chi connectivity index (χ3n) is 3.96. The molecule has 0 aliphatic heterocycles. The summed E-state index contributed by atoms with van der Waals surface area (Å²) in [6, 6.07) is 8.13. The lowest BCUT2D eigenvalue weighted by Crippen LogP contribution is -1.97. The number of aromatic nitrogens is 5. The van der Waals surface area contributed by atoms with E-state index >= 15 is 0 Å². The Balaban J connectivity index is 1.70. The van der Waals surface area contributed by atoms with Crippen LogP contribution in [0, 0.1) is 5.41 Å².